The molecule has 0 saturated carbocycles. The quantitative estimate of drug-likeness (QED) is 0.754. The van der Waals surface area contributed by atoms with E-state index in [0.29, 0.717) is 12.0 Å². The second-order valence-electron chi connectivity index (χ2n) is 2.82. The number of carbonyl (C=O) groups excluding carboxylic acids is 1. The minimum atomic E-state index is -2.70. The lowest BCUT2D eigenvalue weighted by Crippen LogP contribution is -2.08. The summed E-state index contributed by atoms with van der Waals surface area (Å²) in [4.78, 5) is 14.4. The number of nitrogens with zero attached hydrogens (tertiary/aromatic N) is 1. The molecule has 76 valence electrons. The number of carbonyl (C=O) groups is 1. The Hall–Kier alpha value is -1.36. The third kappa shape index (κ3) is 1.77. The van der Waals surface area contributed by atoms with Gasteiger partial charge in [0.15, 0.2) is 6.29 Å². The summed E-state index contributed by atoms with van der Waals surface area (Å²) in [6.07, 6.45) is -1.03. The molecule has 0 saturated heterocycles. The topological polar surface area (TPSA) is 56.0 Å². The molecule has 0 spiro atoms. The summed E-state index contributed by atoms with van der Waals surface area (Å²) in [6.45, 7) is 1.46. The zero-order chi connectivity index (χ0) is 10.7. The van der Waals surface area contributed by atoms with Gasteiger partial charge in [0.05, 0.1) is 0 Å². The number of nitrogens with two attached hydrogens (primary N) is 1. The Morgan fingerprint density at radius 2 is 2.29 bits per heavy atom. The maximum atomic E-state index is 12.6. The van der Waals surface area contributed by atoms with Crippen molar-refractivity contribution in [1.82, 2.24) is 4.98 Å². The highest BCUT2D eigenvalue weighted by atomic mass is 19.3. The van der Waals surface area contributed by atoms with Crippen molar-refractivity contribution in [3.05, 3.63) is 28.6 Å². The molecular weight excluding hydrogens is 190 g/mol. The van der Waals surface area contributed by atoms with Crippen molar-refractivity contribution in [1.29, 1.82) is 0 Å². The third-order valence-corrected chi connectivity index (χ3v) is 2.00. The van der Waals surface area contributed by atoms with Crippen LogP contribution in [0.1, 0.15) is 33.6 Å². The lowest BCUT2D eigenvalue weighted by Gasteiger charge is -2.10. The van der Waals surface area contributed by atoms with E-state index in [9.17, 15) is 13.6 Å². The smallest absolute Gasteiger partial charge is 0.264 e. The summed E-state index contributed by atoms with van der Waals surface area (Å²) < 4.78 is 25.2. The average Bonchev–Trinajstić information content (AvgIpc) is 2.17. The number of aromatic nitrogens is 1. The molecule has 0 fully saturated rings. The van der Waals surface area contributed by atoms with Crippen LogP contribution in [0.25, 0.3) is 0 Å². The van der Waals surface area contributed by atoms with Gasteiger partial charge in [-0.25, -0.2) is 8.78 Å². The van der Waals surface area contributed by atoms with Crippen molar-refractivity contribution >= 4 is 6.29 Å². The van der Waals surface area contributed by atoms with Crippen LogP contribution in [-0.2, 0) is 6.54 Å². The number of pyridine rings is 1. The monoisotopic (exact) mass is 200 g/mol. The van der Waals surface area contributed by atoms with E-state index in [1.807, 2.05) is 0 Å². The van der Waals surface area contributed by atoms with Gasteiger partial charge < -0.3 is 5.73 Å². The lowest BCUT2D eigenvalue weighted by molar-refractivity contribution is 0.110. The molecule has 5 heteroatoms. The molecular formula is C9H10F2N2O. The molecule has 0 aliphatic rings. The summed E-state index contributed by atoms with van der Waals surface area (Å²) in [5.41, 5.74) is 5.44. The van der Waals surface area contributed by atoms with Crippen LogP contribution in [-0.4, -0.2) is 11.3 Å². The minimum absolute atomic E-state index is 0.0478. The number of aryl methyl sites for hydroxylation is 1. The van der Waals surface area contributed by atoms with E-state index in [1.165, 1.54) is 13.1 Å². The number of rotatable bonds is 3. The second kappa shape index (κ2) is 4.23. The van der Waals surface area contributed by atoms with Gasteiger partial charge in [0.25, 0.3) is 6.43 Å². The van der Waals surface area contributed by atoms with E-state index in [1.54, 1.807) is 0 Å². The Bertz CT molecular complexity index is 353. The molecule has 1 aromatic heterocycles. The van der Waals surface area contributed by atoms with Gasteiger partial charge in [0.1, 0.15) is 0 Å². The first-order valence-electron chi connectivity index (χ1n) is 4.03. The van der Waals surface area contributed by atoms with Crippen molar-refractivity contribution in [2.45, 2.75) is 19.9 Å². The fourth-order valence-electron chi connectivity index (χ4n) is 1.25. The normalized spacial score (nSPS) is 10.6. The van der Waals surface area contributed by atoms with Crippen LogP contribution in [0.4, 0.5) is 8.78 Å². The van der Waals surface area contributed by atoms with Crippen molar-refractivity contribution in [2.75, 3.05) is 0 Å². The van der Waals surface area contributed by atoms with E-state index in [2.05, 4.69) is 4.98 Å². The van der Waals surface area contributed by atoms with E-state index in [4.69, 9.17) is 5.73 Å². The molecule has 0 aromatic carbocycles. The molecule has 2 N–H and O–H groups in total. The minimum Gasteiger partial charge on any atom is -0.326 e. The van der Waals surface area contributed by atoms with E-state index >= 15 is 0 Å². The van der Waals surface area contributed by atoms with E-state index in [-0.39, 0.29) is 23.2 Å². The highest BCUT2D eigenvalue weighted by molar-refractivity contribution is 5.79. The highest BCUT2D eigenvalue weighted by Crippen LogP contribution is 2.26. The number of hydrogen-bond acceptors (Lipinski definition) is 3. The number of hydrogen-bond donors (Lipinski definition) is 1. The summed E-state index contributed by atoms with van der Waals surface area (Å²) >= 11 is 0. The Labute approximate surface area is 79.9 Å². The fraction of sp³-hybridized carbons (Fsp3) is 0.333. The van der Waals surface area contributed by atoms with Crippen LogP contribution in [0.2, 0.25) is 0 Å². The maximum Gasteiger partial charge on any atom is 0.264 e. The van der Waals surface area contributed by atoms with Crippen LogP contribution in [0.15, 0.2) is 6.20 Å². The zero-order valence-electron chi connectivity index (χ0n) is 7.63. The average molecular weight is 200 g/mol. The number of aldehydes is 1. The maximum absolute atomic E-state index is 12.6. The van der Waals surface area contributed by atoms with Crippen LogP contribution in [0, 0.1) is 6.92 Å². The van der Waals surface area contributed by atoms with E-state index < -0.39 is 6.43 Å². The molecule has 0 radical (unpaired) electrons. The van der Waals surface area contributed by atoms with Crippen molar-refractivity contribution in [3.63, 3.8) is 0 Å². The van der Waals surface area contributed by atoms with Gasteiger partial charge in [0.2, 0.25) is 0 Å². The fourth-order valence-corrected chi connectivity index (χ4v) is 1.25. The van der Waals surface area contributed by atoms with Gasteiger partial charge in [-0.1, -0.05) is 0 Å². The summed E-state index contributed by atoms with van der Waals surface area (Å²) in [5, 5.41) is 0. The molecule has 0 aliphatic carbocycles. The van der Waals surface area contributed by atoms with Crippen molar-refractivity contribution < 1.29 is 13.6 Å². The molecule has 0 amide bonds. The molecule has 0 bridgehead atoms. The van der Waals surface area contributed by atoms with Crippen LogP contribution >= 0.6 is 0 Å². The second-order valence-corrected chi connectivity index (χ2v) is 2.82. The molecule has 14 heavy (non-hydrogen) atoms. The predicted molar refractivity (Wildman–Crippen MR) is 47.2 cm³/mol. The Morgan fingerprint density at radius 1 is 1.64 bits per heavy atom. The van der Waals surface area contributed by atoms with Gasteiger partial charge in [-0.15, -0.1) is 0 Å². The first-order valence-corrected chi connectivity index (χ1v) is 4.03. The Balaban J connectivity index is 3.43. The van der Waals surface area contributed by atoms with Crippen molar-refractivity contribution in [3.8, 4) is 0 Å². The summed E-state index contributed by atoms with van der Waals surface area (Å²) in [5.74, 6) is 0. The van der Waals surface area contributed by atoms with Gasteiger partial charge in [-0.2, -0.15) is 0 Å². The Morgan fingerprint density at radius 3 is 2.71 bits per heavy atom. The molecule has 1 heterocycles. The molecule has 1 rings (SSSR count). The highest BCUT2D eigenvalue weighted by Gasteiger charge is 2.19. The molecule has 0 unspecified atom stereocenters. The third-order valence-electron chi connectivity index (χ3n) is 2.00. The molecule has 3 nitrogen and oxygen atoms in total. The van der Waals surface area contributed by atoms with Crippen molar-refractivity contribution in [2.24, 2.45) is 5.73 Å². The van der Waals surface area contributed by atoms with Gasteiger partial charge in [-0.3, -0.25) is 9.78 Å². The Kier molecular flexibility index (Phi) is 3.24. The number of halogens is 2. The SMILES string of the molecule is Cc1ncc(CN)c(C(F)F)c1C=O. The van der Waals surface area contributed by atoms with Gasteiger partial charge in [0, 0.05) is 29.6 Å². The molecule has 0 aliphatic heterocycles. The van der Waals surface area contributed by atoms with E-state index in [0.717, 1.165) is 0 Å². The molecule has 0 atom stereocenters. The lowest BCUT2D eigenvalue weighted by atomic mass is 10.0. The summed E-state index contributed by atoms with van der Waals surface area (Å²) in [7, 11) is 0. The first-order chi connectivity index (χ1) is 6.61. The standard InChI is InChI=1S/C9H10F2N2O/c1-5-7(4-14)8(9(10)11)6(2-12)3-13-5/h3-4,9H,2,12H2,1H3. The molecule has 1 aromatic rings. The zero-order valence-corrected chi connectivity index (χ0v) is 7.63. The van der Waals surface area contributed by atoms with Crippen LogP contribution in [0.5, 0.6) is 0 Å². The predicted octanol–water partition coefficient (Wildman–Crippen LogP) is 1.60. The largest absolute Gasteiger partial charge is 0.326 e. The first kappa shape index (κ1) is 10.7. The van der Waals surface area contributed by atoms with Gasteiger partial charge in [-0.05, 0) is 12.5 Å². The number of alkyl halides is 2. The van der Waals surface area contributed by atoms with Crippen LogP contribution < -0.4 is 5.73 Å². The summed E-state index contributed by atoms with van der Waals surface area (Å²) in [6, 6.07) is 0. The van der Waals surface area contributed by atoms with Gasteiger partial charge >= 0.3 is 0 Å². The van der Waals surface area contributed by atoms with Crippen LogP contribution in [0.3, 0.4) is 0 Å².